The van der Waals surface area contributed by atoms with E-state index in [0.717, 1.165) is 0 Å². The van der Waals surface area contributed by atoms with Crippen molar-refractivity contribution in [3.05, 3.63) is 41.9 Å². The molecule has 0 unspecified atom stereocenters. The number of benzene rings is 1. The Morgan fingerprint density at radius 3 is 2.65 bits per heavy atom. The lowest BCUT2D eigenvalue weighted by Gasteiger charge is -2.11. The summed E-state index contributed by atoms with van der Waals surface area (Å²) in [5.74, 6) is -1.20. The third-order valence-corrected chi connectivity index (χ3v) is 3.93. The molecule has 2 N–H and O–H groups in total. The van der Waals surface area contributed by atoms with Crippen LogP contribution in [0.3, 0.4) is 0 Å². The maximum atomic E-state index is 12.2. The number of imidazole rings is 1. The molecule has 0 spiro atoms. The molecule has 1 aromatic heterocycles. The first kappa shape index (κ1) is 14.1. The van der Waals surface area contributed by atoms with E-state index in [-0.39, 0.29) is 16.3 Å². The SMILES string of the molecule is Cc1cccc(C(=O)O)c1NS(=O)(=O)c1cn(C)cn1. The lowest BCUT2D eigenvalue weighted by molar-refractivity contribution is 0.0698. The van der Waals surface area contributed by atoms with Gasteiger partial charge in [-0.3, -0.25) is 4.72 Å². The van der Waals surface area contributed by atoms with Crippen molar-refractivity contribution in [1.82, 2.24) is 9.55 Å². The number of aryl methyl sites for hydroxylation is 2. The number of nitrogens with zero attached hydrogens (tertiary/aromatic N) is 2. The summed E-state index contributed by atoms with van der Waals surface area (Å²) in [7, 11) is -2.27. The van der Waals surface area contributed by atoms with E-state index in [1.807, 2.05) is 0 Å². The van der Waals surface area contributed by atoms with E-state index >= 15 is 0 Å². The van der Waals surface area contributed by atoms with Gasteiger partial charge in [0.15, 0.2) is 5.03 Å². The zero-order valence-electron chi connectivity index (χ0n) is 10.9. The van der Waals surface area contributed by atoms with Gasteiger partial charge < -0.3 is 9.67 Å². The largest absolute Gasteiger partial charge is 0.478 e. The van der Waals surface area contributed by atoms with Gasteiger partial charge in [0.25, 0.3) is 10.0 Å². The van der Waals surface area contributed by atoms with Gasteiger partial charge in [-0.05, 0) is 18.6 Å². The van der Waals surface area contributed by atoms with Crippen molar-refractivity contribution in [2.24, 2.45) is 7.05 Å². The Morgan fingerprint density at radius 1 is 1.40 bits per heavy atom. The smallest absolute Gasteiger partial charge is 0.337 e. The second-order valence-electron chi connectivity index (χ2n) is 4.29. The van der Waals surface area contributed by atoms with Gasteiger partial charge in [0, 0.05) is 13.2 Å². The number of aromatic carboxylic acids is 1. The first-order valence-electron chi connectivity index (χ1n) is 5.65. The Kier molecular flexibility index (Phi) is 3.49. The van der Waals surface area contributed by atoms with E-state index in [2.05, 4.69) is 9.71 Å². The molecule has 2 rings (SSSR count). The van der Waals surface area contributed by atoms with Crippen molar-refractivity contribution in [3.63, 3.8) is 0 Å². The predicted molar refractivity (Wildman–Crippen MR) is 72.2 cm³/mol. The molecule has 20 heavy (non-hydrogen) atoms. The maximum absolute atomic E-state index is 12.2. The molecule has 0 fully saturated rings. The number of anilines is 1. The van der Waals surface area contributed by atoms with E-state index < -0.39 is 16.0 Å². The highest BCUT2D eigenvalue weighted by atomic mass is 32.2. The third-order valence-electron chi connectivity index (χ3n) is 2.70. The Bertz CT molecular complexity index is 765. The van der Waals surface area contributed by atoms with Gasteiger partial charge in [0.2, 0.25) is 0 Å². The summed E-state index contributed by atoms with van der Waals surface area (Å²) in [6.45, 7) is 1.63. The molecule has 1 aromatic carbocycles. The van der Waals surface area contributed by atoms with Crippen molar-refractivity contribution in [2.75, 3.05) is 4.72 Å². The lowest BCUT2D eigenvalue weighted by Crippen LogP contribution is -2.17. The Balaban J connectivity index is 2.47. The van der Waals surface area contributed by atoms with Gasteiger partial charge in [-0.1, -0.05) is 12.1 Å². The van der Waals surface area contributed by atoms with Crippen LogP contribution in [0, 0.1) is 6.92 Å². The molecule has 1 heterocycles. The number of carboxylic acid groups (broad SMARTS) is 1. The van der Waals surface area contributed by atoms with Crippen molar-refractivity contribution >= 4 is 21.7 Å². The van der Waals surface area contributed by atoms with Crippen LogP contribution in [-0.4, -0.2) is 29.0 Å². The number of hydrogen-bond acceptors (Lipinski definition) is 4. The first-order valence-corrected chi connectivity index (χ1v) is 7.13. The number of para-hydroxylation sites is 1. The van der Waals surface area contributed by atoms with Crippen LogP contribution in [0.4, 0.5) is 5.69 Å². The number of carbonyl (C=O) groups is 1. The highest BCUT2D eigenvalue weighted by molar-refractivity contribution is 7.92. The fourth-order valence-electron chi connectivity index (χ4n) is 1.70. The van der Waals surface area contributed by atoms with E-state index in [9.17, 15) is 13.2 Å². The van der Waals surface area contributed by atoms with Gasteiger partial charge in [-0.2, -0.15) is 8.42 Å². The second-order valence-corrected chi connectivity index (χ2v) is 5.91. The number of aromatic nitrogens is 2. The normalized spacial score (nSPS) is 11.3. The zero-order chi connectivity index (χ0) is 14.9. The molecule has 0 aliphatic rings. The van der Waals surface area contributed by atoms with Crippen LogP contribution >= 0.6 is 0 Å². The molecule has 0 aliphatic heterocycles. The molecule has 0 saturated carbocycles. The first-order chi connectivity index (χ1) is 9.31. The lowest BCUT2D eigenvalue weighted by atomic mass is 10.1. The van der Waals surface area contributed by atoms with Crippen molar-refractivity contribution < 1.29 is 18.3 Å². The third kappa shape index (κ3) is 2.64. The molecule has 7 nitrogen and oxygen atoms in total. The van der Waals surface area contributed by atoms with Crippen LogP contribution in [-0.2, 0) is 17.1 Å². The summed E-state index contributed by atoms with van der Waals surface area (Å²) in [5.41, 5.74) is 0.458. The van der Waals surface area contributed by atoms with Crippen LogP contribution in [0.2, 0.25) is 0 Å². The number of carboxylic acids is 1. The van der Waals surface area contributed by atoms with E-state index in [0.29, 0.717) is 5.56 Å². The number of rotatable bonds is 4. The molecule has 8 heteroatoms. The number of sulfonamides is 1. The molecule has 106 valence electrons. The number of nitrogens with one attached hydrogen (secondary N) is 1. The van der Waals surface area contributed by atoms with E-state index in [4.69, 9.17) is 5.11 Å². The van der Waals surface area contributed by atoms with E-state index in [1.165, 1.54) is 23.2 Å². The zero-order valence-corrected chi connectivity index (χ0v) is 11.7. The van der Waals surface area contributed by atoms with Gasteiger partial charge >= 0.3 is 5.97 Å². The van der Waals surface area contributed by atoms with Crippen LogP contribution in [0.15, 0.2) is 35.7 Å². The summed E-state index contributed by atoms with van der Waals surface area (Å²) in [6.07, 6.45) is 2.69. The predicted octanol–water partition coefficient (Wildman–Crippen LogP) is 1.23. The van der Waals surface area contributed by atoms with Crippen molar-refractivity contribution in [3.8, 4) is 0 Å². The minimum Gasteiger partial charge on any atom is -0.478 e. The summed E-state index contributed by atoms with van der Waals surface area (Å²) in [6, 6.07) is 4.52. The molecule has 0 aliphatic carbocycles. The minimum absolute atomic E-state index is 0.0469. The highest BCUT2D eigenvalue weighted by Gasteiger charge is 2.21. The van der Waals surface area contributed by atoms with Gasteiger partial charge in [-0.15, -0.1) is 0 Å². The van der Waals surface area contributed by atoms with Gasteiger partial charge in [0.1, 0.15) is 0 Å². The quantitative estimate of drug-likeness (QED) is 0.883. The average molecular weight is 295 g/mol. The standard InChI is InChI=1S/C12H13N3O4S/c1-8-4-3-5-9(12(16)17)11(8)14-20(18,19)10-6-15(2)7-13-10/h3-7,14H,1-2H3,(H,16,17). The van der Waals surface area contributed by atoms with E-state index in [1.54, 1.807) is 26.1 Å². The Labute approximate surface area is 115 Å². The molecular formula is C12H13N3O4S. The Hall–Kier alpha value is -2.35. The van der Waals surface area contributed by atoms with Crippen molar-refractivity contribution in [1.29, 1.82) is 0 Å². The Morgan fingerprint density at radius 2 is 2.10 bits per heavy atom. The summed E-state index contributed by atoms with van der Waals surface area (Å²) < 4.78 is 28.1. The molecule has 2 aromatic rings. The summed E-state index contributed by atoms with van der Waals surface area (Å²) in [4.78, 5) is 14.9. The van der Waals surface area contributed by atoms with Gasteiger partial charge in [-0.25, -0.2) is 9.78 Å². The summed E-state index contributed by atoms with van der Waals surface area (Å²) >= 11 is 0. The fraction of sp³-hybridized carbons (Fsp3) is 0.167. The second kappa shape index (κ2) is 4.97. The minimum atomic E-state index is -3.92. The van der Waals surface area contributed by atoms with Crippen LogP contribution in [0.25, 0.3) is 0 Å². The van der Waals surface area contributed by atoms with Gasteiger partial charge in [0.05, 0.1) is 17.6 Å². The molecular weight excluding hydrogens is 282 g/mol. The van der Waals surface area contributed by atoms with Crippen LogP contribution < -0.4 is 4.72 Å². The molecule has 0 atom stereocenters. The van der Waals surface area contributed by atoms with Crippen LogP contribution in [0.5, 0.6) is 0 Å². The summed E-state index contributed by atoms with van der Waals surface area (Å²) in [5, 5.41) is 8.94. The molecule has 0 bridgehead atoms. The average Bonchev–Trinajstić information content (AvgIpc) is 2.79. The number of hydrogen-bond donors (Lipinski definition) is 2. The van der Waals surface area contributed by atoms with Crippen LogP contribution in [0.1, 0.15) is 15.9 Å². The molecule has 0 amide bonds. The monoisotopic (exact) mass is 295 g/mol. The topological polar surface area (TPSA) is 101 Å². The molecule has 0 radical (unpaired) electrons. The highest BCUT2D eigenvalue weighted by Crippen LogP contribution is 2.23. The van der Waals surface area contributed by atoms with Crippen molar-refractivity contribution in [2.45, 2.75) is 11.9 Å². The maximum Gasteiger partial charge on any atom is 0.337 e. The fourth-order valence-corrected chi connectivity index (χ4v) is 2.83. The molecule has 0 saturated heterocycles.